The molecule has 3 N–H and O–H groups in total. The Kier molecular flexibility index (Phi) is 4.32. The van der Waals surface area contributed by atoms with E-state index in [9.17, 15) is 4.79 Å². The molecular weight excluding hydrogens is 280 g/mol. The van der Waals surface area contributed by atoms with Crippen LogP contribution in [0.3, 0.4) is 0 Å². The van der Waals surface area contributed by atoms with Crippen LogP contribution in [-0.2, 0) is 4.79 Å². The van der Waals surface area contributed by atoms with Crippen LogP contribution in [0.1, 0.15) is 18.0 Å². The first-order valence-electron chi connectivity index (χ1n) is 7.13. The number of carbonyl (C=O) groups excluding carboxylic acids is 1. The third kappa shape index (κ3) is 3.08. The molecule has 0 aliphatic carbocycles. The number of aromatic nitrogens is 1. The van der Waals surface area contributed by atoms with Gasteiger partial charge in [0.25, 0.3) is 0 Å². The molecule has 0 bridgehead atoms. The summed E-state index contributed by atoms with van der Waals surface area (Å²) in [6, 6.07) is 11.0. The molecule has 6 nitrogen and oxygen atoms in total. The van der Waals surface area contributed by atoms with E-state index in [2.05, 4.69) is 21.2 Å². The molecule has 6 heteroatoms. The van der Waals surface area contributed by atoms with Crippen LogP contribution in [0.2, 0.25) is 0 Å². The quantitative estimate of drug-likeness (QED) is 0.800. The van der Waals surface area contributed by atoms with Gasteiger partial charge in [0.2, 0.25) is 5.91 Å². The minimum absolute atomic E-state index is 0.0893. The predicted octanol–water partition coefficient (Wildman–Crippen LogP) is 1.64. The number of ether oxygens (including phenoxy) is 1. The SMILES string of the molecule is COc1ccccc1NC(=O)C1CC(c2ccncc2)NN1. The maximum Gasteiger partial charge on any atom is 0.243 e. The number of pyridine rings is 1. The van der Waals surface area contributed by atoms with Crippen LogP contribution in [0.4, 0.5) is 5.69 Å². The van der Waals surface area contributed by atoms with Crippen molar-refractivity contribution in [3.63, 3.8) is 0 Å². The number of nitrogens with zero attached hydrogens (tertiary/aromatic N) is 1. The summed E-state index contributed by atoms with van der Waals surface area (Å²) in [7, 11) is 1.58. The second-order valence-corrected chi connectivity index (χ2v) is 5.10. The smallest absolute Gasteiger partial charge is 0.243 e. The number of hydrogen-bond acceptors (Lipinski definition) is 5. The van der Waals surface area contributed by atoms with E-state index in [1.165, 1.54) is 0 Å². The molecule has 0 saturated carbocycles. The Balaban J connectivity index is 1.64. The molecule has 2 unspecified atom stereocenters. The Bertz CT molecular complexity index is 648. The topological polar surface area (TPSA) is 75.3 Å². The molecule has 2 aromatic rings. The average molecular weight is 298 g/mol. The summed E-state index contributed by atoms with van der Waals surface area (Å²) in [5.41, 5.74) is 7.96. The van der Waals surface area contributed by atoms with Gasteiger partial charge in [0, 0.05) is 18.4 Å². The van der Waals surface area contributed by atoms with Gasteiger partial charge in [0.05, 0.1) is 12.8 Å². The van der Waals surface area contributed by atoms with Crippen molar-refractivity contribution >= 4 is 11.6 Å². The molecule has 1 saturated heterocycles. The van der Waals surface area contributed by atoms with E-state index in [0.29, 0.717) is 17.9 Å². The fourth-order valence-corrected chi connectivity index (χ4v) is 2.51. The van der Waals surface area contributed by atoms with Crippen LogP contribution >= 0.6 is 0 Å². The van der Waals surface area contributed by atoms with Crippen molar-refractivity contribution in [1.29, 1.82) is 0 Å². The van der Waals surface area contributed by atoms with E-state index in [4.69, 9.17) is 4.74 Å². The summed E-state index contributed by atoms with van der Waals surface area (Å²) < 4.78 is 5.24. The molecule has 1 aromatic carbocycles. The van der Waals surface area contributed by atoms with E-state index < -0.39 is 0 Å². The second kappa shape index (κ2) is 6.55. The second-order valence-electron chi connectivity index (χ2n) is 5.10. The first-order valence-corrected chi connectivity index (χ1v) is 7.13. The minimum Gasteiger partial charge on any atom is -0.495 e. The zero-order valence-corrected chi connectivity index (χ0v) is 12.2. The highest BCUT2D eigenvalue weighted by Gasteiger charge is 2.30. The highest BCUT2D eigenvalue weighted by atomic mass is 16.5. The van der Waals surface area contributed by atoms with E-state index in [1.54, 1.807) is 19.5 Å². The minimum atomic E-state index is -0.303. The molecule has 1 aliphatic heterocycles. The molecule has 0 radical (unpaired) electrons. The Morgan fingerprint density at radius 2 is 2.00 bits per heavy atom. The number of hydrogen-bond donors (Lipinski definition) is 3. The third-order valence-electron chi connectivity index (χ3n) is 3.69. The number of anilines is 1. The first-order chi connectivity index (χ1) is 10.8. The van der Waals surface area contributed by atoms with Crippen molar-refractivity contribution in [2.45, 2.75) is 18.5 Å². The molecule has 1 aromatic heterocycles. The summed E-state index contributed by atoms with van der Waals surface area (Å²) in [5.74, 6) is 0.557. The Hall–Kier alpha value is -2.44. The summed E-state index contributed by atoms with van der Waals surface area (Å²) >= 11 is 0. The number of carbonyl (C=O) groups is 1. The van der Waals surface area contributed by atoms with Crippen LogP contribution in [0.15, 0.2) is 48.8 Å². The molecular formula is C16H18N4O2. The van der Waals surface area contributed by atoms with Gasteiger partial charge in [0.15, 0.2) is 0 Å². The summed E-state index contributed by atoms with van der Waals surface area (Å²) in [6.45, 7) is 0. The largest absolute Gasteiger partial charge is 0.495 e. The molecule has 2 atom stereocenters. The fourth-order valence-electron chi connectivity index (χ4n) is 2.51. The molecule has 0 spiro atoms. The van der Waals surface area contributed by atoms with Gasteiger partial charge >= 0.3 is 0 Å². The standard InChI is InChI=1S/C16H18N4O2/c1-22-15-5-3-2-4-12(15)18-16(21)14-10-13(19-20-14)11-6-8-17-9-7-11/h2-9,13-14,19-20H,10H2,1H3,(H,18,21). The Morgan fingerprint density at radius 1 is 1.23 bits per heavy atom. The number of rotatable bonds is 4. The van der Waals surface area contributed by atoms with Gasteiger partial charge in [-0.25, -0.2) is 10.9 Å². The highest BCUT2D eigenvalue weighted by molar-refractivity contribution is 5.96. The van der Waals surface area contributed by atoms with Crippen LogP contribution in [0, 0.1) is 0 Å². The average Bonchev–Trinajstić information content (AvgIpc) is 3.06. The monoisotopic (exact) mass is 298 g/mol. The lowest BCUT2D eigenvalue weighted by molar-refractivity contribution is -0.117. The number of nitrogens with one attached hydrogen (secondary N) is 3. The lowest BCUT2D eigenvalue weighted by atomic mass is 10.0. The van der Waals surface area contributed by atoms with E-state index in [-0.39, 0.29) is 18.0 Å². The zero-order chi connectivity index (χ0) is 15.4. The fraction of sp³-hybridized carbons (Fsp3) is 0.250. The normalized spacial score (nSPS) is 20.6. The third-order valence-corrected chi connectivity index (χ3v) is 3.69. The first kappa shape index (κ1) is 14.5. The van der Waals surface area contributed by atoms with Crippen LogP contribution < -0.4 is 20.9 Å². The van der Waals surface area contributed by atoms with Gasteiger partial charge in [-0.2, -0.15) is 0 Å². The van der Waals surface area contributed by atoms with Crippen molar-refractivity contribution in [2.75, 3.05) is 12.4 Å². The van der Waals surface area contributed by atoms with Crippen molar-refractivity contribution in [2.24, 2.45) is 0 Å². The van der Waals surface area contributed by atoms with Gasteiger partial charge in [0.1, 0.15) is 11.8 Å². The lowest BCUT2D eigenvalue weighted by Gasteiger charge is -2.13. The van der Waals surface area contributed by atoms with Crippen LogP contribution in [0.5, 0.6) is 5.75 Å². The predicted molar refractivity (Wildman–Crippen MR) is 83.3 cm³/mol. The van der Waals surface area contributed by atoms with Gasteiger partial charge in [-0.1, -0.05) is 12.1 Å². The van der Waals surface area contributed by atoms with Crippen LogP contribution in [-0.4, -0.2) is 24.0 Å². The van der Waals surface area contributed by atoms with Gasteiger partial charge in [-0.05, 0) is 36.2 Å². The molecule has 1 amide bonds. The molecule has 22 heavy (non-hydrogen) atoms. The molecule has 1 fully saturated rings. The van der Waals surface area contributed by atoms with Crippen molar-refractivity contribution in [3.05, 3.63) is 54.4 Å². The van der Waals surface area contributed by atoms with Gasteiger partial charge in [-0.15, -0.1) is 0 Å². The van der Waals surface area contributed by atoms with E-state index in [1.807, 2.05) is 36.4 Å². The van der Waals surface area contributed by atoms with Gasteiger partial charge < -0.3 is 10.1 Å². The summed E-state index contributed by atoms with van der Waals surface area (Å²) in [4.78, 5) is 16.4. The van der Waals surface area contributed by atoms with Gasteiger partial charge in [-0.3, -0.25) is 9.78 Å². The number of benzene rings is 1. The zero-order valence-electron chi connectivity index (χ0n) is 12.2. The molecule has 1 aliphatic rings. The lowest BCUT2D eigenvalue weighted by Crippen LogP contribution is -2.39. The van der Waals surface area contributed by atoms with Crippen molar-refractivity contribution < 1.29 is 9.53 Å². The van der Waals surface area contributed by atoms with E-state index >= 15 is 0 Å². The number of hydrazine groups is 1. The summed E-state index contributed by atoms with van der Waals surface area (Å²) in [6.07, 6.45) is 4.17. The number of methoxy groups -OCH3 is 1. The van der Waals surface area contributed by atoms with Crippen molar-refractivity contribution in [1.82, 2.24) is 15.8 Å². The maximum atomic E-state index is 12.4. The number of amides is 1. The van der Waals surface area contributed by atoms with Crippen molar-refractivity contribution in [3.8, 4) is 5.75 Å². The Labute approximate surface area is 128 Å². The van der Waals surface area contributed by atoms with E-state index in [0.717, 1.165) is 5.56 Å². The molecule has 3 rings (SSSR count). The summed E-state index contributed by atoms with van der Waals surface area (Å²) in [5, 5.41) is 2.90. The van der Waals surface area contributed by atoms with Crippen LogP contribution in [0.25, 0.3) is 0 Å². The highest BCUT2D eigenvalue weighted by Crippen LogP contribution is 2.25. The maximum absolute atomic E-state index is 12.4. The molecule has 2 heterocycles. The number of para-hydroxylation sites is 2. The molecule has 114 valence electrons. The Morgan fingerprint density at radius 3 is 2.77 bits per heavy atom.